The summed E-state index contributed by atoms with van der Waals surface area (Å²) in [5.41, 5.74) is 2.52. The molecule has 1 saturated heterocycles. The number of rotatable bonds is 3. The zero-order valence-corrected chi connectivity index (χ0v) is 13.6. The van der Waals surface area contributed by atoms with Gasteiger partial charge in [0.2, 0.25) is 0 Å². The zero-order chi connectivity index (χ0) is 15.0. The zero-order valence-electron chi connectivity index (χ0n) is 12.8. The van der Waals surface area contributed by atoms with Crippen LogP contribution >= 0.6 is 11.3 Å². The summed E-state index contributed by atoms with van der Waals surface area (Å²) in [4.78, 5) is 1.28. The van der Waals surface area contributed by atoms with Crippen molar-refractivity contribution in [3.63, 3.8) is 0 Å². The quantitative estimate of drug-likeness (QED) is 0.933. The molecule has 1 aromatic carbocycles. The van der Waals surface area contributed by atoms with Crippen molar-refractivity contribution >= 4 is 11.3 Å². The van der Waals surface area contributed by atoms with Crippen molar-refractivity contribution in [1.29, 1.82) is 0 Å². The lowest BCUT2D eigenvalue weighted by Gasteiger charge is -2.34. The first-order valence-corrected chi connectivity index (χ1v) is 8.89. The lowest BCUT2D eigenvalue weighted by atomic mass is 9.84. The molecule has 1 N–H and O–H groups in total. The van der Waals surface area contributed by atoms with Crippen molar-refractivity contribution < 1.29 is 9.47 Å². The maximum absolute atomic E-state index is 6.65. The van der Waals surface area contributed by atoms with Gasteiger partial charge in [0, 0.05) is 4.88 Å². The van der Waals surface area contributed by atoms with E-state index in [0.29, 0.717) is 6.61 Å². The summed E-state index contributed by atoms with van der Waals surface area (Å²) in [6.07, 6.45) is 2.12. The minimum atomic E-state index is -0.125. The average Bonchev–Trinajstić information content (AvgIpc) is 3.16. The van der Waals surface area contributed by atoms with E-state index >= 15 is 0 Å². The van der Waals surface area contributed by atoms with Crippen LogP contribution in [-0.4, -0.2) is 19.7 Å². The molecule has 2 aliphatic rings. The molecule has 3 heterocycles. The van der Waals surface area contributed by atoms with E-state index in [9.17, 15) is 0 Å². The minimum Gasteiger partial charge on any atom is -0.494 e. The van der Waals surface area contributed by atoms with Gasteiger partial charge in [-0.3, -0.25) is 0 Å². The summed E-state index contributed by atoms with van der Waals surface area (Å²) in [6.45, 7) is 4.75. The molecule has 1 spiro atoms. The Kier molecular flexibility index (Phi) is 3.68. The highest BCUT2D eigenvalue weighted by molar-refractivity contribution is 7.10. The molecule has 1 aromatic heterocycles. The van der Waals surface area contributed by atoms with E-state index in [1.165, 1.54) is 16.0 Å². The number of fused-ring (bicyclic) bond motifs is 2. The maximum atomic E-state index is 6.65. The monoisotopic (exact) mass is 315 g/mol. The van der Waals surface area contributed by atoms with Crippen LogP contribution in [0.1, 0.15) is 41.9 Å². The fraction of sp³-hybridized carbons (Fsp3) is 0.444. The van der Waals surface area contributed by atoms with Gasteiger partial charge in [-0.25, -0.2) is 0 Å². The molecule has 2 aromatic rings. The van der Waals surface area contributed by atoms with Crippen LogP contribution in [0.2, 0.25) is 0 Å². The van der Waals surface area contributed by atoms with Crippen LogP contribution in [0.5, 0.6) is 5.75 Å². The van der Waals surface area contributed by atoms with Crippen molar-refractivity contribution in [2.75, 3.05) is 19.7 Å². The molecule has 0 bridgehead atoms. The van der Waals surface area contributed by atoms with E-state index in [1.807, 2.05) is 6.92 Å². The largest absolute Gasteiger partial charge is 0.494 e. The van der Waals surface area contributed by atoms with Crippen LogP contribution in [0, 0.1) is 0 Å². The molecule has 0 amide bonds. The van der Waals surface area contributed by atoms with Crippen LogP contribution in [0.4, 0.5) is 0 Å². The molecule has 0 radical (unpaired) electrons. The molecule has 1 unspecified atom stereocenters. The van der Waals surface area contributed by atoms with Gasteiger partial charge in [-0.15, -0.1) is 11.3 Å². The van der Waals surface area contributed by atoms with E-state index in [2.05, 4.69) is 41.0 Å². The normalized spacial score (nSPS) is 22.7. The third-order valence-corrected chi connectivity index (χ3v) is 5.58. The van der Waals surface area contributed by atoms with Gasteiger partial charge in [0.1, 0.15) is 11.9 Å². The molecule has 3 nitrogen and oxygen atoms in total. The Morgan fingerprint density at radius 2 is 2.18 bits per heavy atom. The molecule has 0 aliphatic carbocycles. The number of thiophene rings is 1. The SMILES string of the molecule is CCOc1ccc2c(c1)C(c1cccs1)OC21CCNCC1. The van der Waals surface area contributed by atoms with Crippen LogP contribution < -0.4 is 10.1 Å². The highest BCUT2D eigenvalue weighted by Gasteiger charge is 2.46. The number of ether oxygens (including phenoxy) is 2. The smallest absolute Gasteiger partial charge is 0.119 e. The van der Waals surface area contributed by atoms with Gasteiger partial charge in [-0.1, -0.05) is 12.1 Å². The lowest BCUT2D eigenvalue weighted by Crippen LogP contribution is -2.39. The molecule has 1 atom stereocenters. The Labute approximate surface area is 135 Å². The highest BCUT2D eigenvalue weighted by atomic mass is 32.1. The molecule has 0 saturated carbocycles. The van der Waals surface area contributed by atoms with E-state index in [-0.39, 0.29) is 11.7 Å². The summed E-state index contributed by atoms with van der Waals surface area (Å²) >= 11 is 1.77. The summed E-state index contributed by atoms with van der Waals surface area (Å²) in [5.74, 6) is 0.942. The number of piperidine rings is 1. The topological polar surface area (TPSA) is 30.5 Å². The fourth-order valence-electron chi connectivity index (χ4n) is 3.65. The molecule has 116 valence electrons. The Bertz CT molecular complexity index is 647. The second-order valence-corrected chi connectivity index (χ2v) is 6.92. The summed E-state index contributed by atoms with van der Waals surface area (Å²) < 4.78 is 12.4. The van der Waals surface area contributed by atoms with Crippen LogP contribution in [0.3, 0.4) is 0 Å². The van der Waals surface area contributed by atoms with E-state index in [1.54, 1.807) is 11.3 Å². The highest BCUT2D eigenvalue weighted by Crippen LogP contribution is 2.52. The first kappa shape index (κ1) is 14.2. The third-order valence-electron chi connectivity index (χ3n) is 4.66. The number of nitrogens with one attached hydrogen (secondary N) is 1. The van der Waals surface area contributed by atoms with Gasteiger partial charge < -0.3 is 14.8 Å². The second-order valence-electron chi connectivity index (χ2n) is 5.94. The van der Waals surface area contributed by atoms with Crippen molar-refractivity contribution in [1.82, 2.24) is 5.32 Å². The van der Waals surface area contributed by atoms with Gasteiger partial charge in [0.15, 0.2) is 0 Å². The van der Waals surface area contributed by atoms with Gasteiger partial charge in [-0.05, 0) is 67.6 Å². The Morgan fingerprint density at radius 3 is 2.91 bits per heavy atom. The van der Waals surface area contributed by atoms with E-state index in [0.717, 1.165) is 31.7 Å². The summed E-state index contributed by atoms with van der Waals surface area (Å²) in [7, 11) is 0. The lowest BCUT2D eigenvalue weighted by molar-refractivity contribution is -0.0787. The van der Waals surface area contributed by atoms with Gasteiger partial charge in [0.25, 0.3) is 0 Å². The molecule has 2 aliphatic heterocycles. The Hall–Kier alpha value is -1.36. The minimum absolute atomic E-state index is 0.0495. The number of hydrogen-bond donors (Lipinski definition) is 1. The first-order valence-electron chi connectivity index (χ1n) is 8.01. The fourth-order valence-corrected chi connectivity index (χ4v) is 4.42. The standard InChI is InChI=1S/C18H21NO2S/c1-2-20-13-5-6-15-14(12-13)17(16-4-3-11-22-16)21-18(15)7-9-19-10-8-18/h3-6,11-12,17,19H,2,7-10H2,1H3. The van der Waals surface area contributed by atoms with Gasteiger partial charge in [-0.2, -0.15) is 0 Å². The predicted octanol–water partition coefficient (Wildman–Crippen LogP) is 3.85. The molecule has 4 rings (SSSR count). The third kappa shape index (κ3) is 2.26. The Morgan fingerprint density at radius 1 is 1.32 bits per heavy atom. The molecular weight excluding hydrogens is 294 g/mol. The predicted molar refractivity (Wildman–Crippen MR) is 88.6 cm³/mol. The van der Waals surface area contributed by atoms with E-state index in [4.69, 9.17) is 9.47 Å². The molecule has 1 fully saturated rings. The summed E-state index contributed by atoms with van der Waals surface area (Å²) in [6, 6.07) is 10.8. The van der Waals surface area contributed by atoms with Gasteiger partial charge in [0.05, 0.1) is 12.2 Å². The number of benzene rings is 1. The van der Waals surface area contributed by atoms with Crippen molar-refractivity contribution in [2.24, 2.45) is 0 Å². The van der Waals surface area contributed by atoms with Crippen LogP contribution in [0.15, 0.2) is 35.7 Å². The number of hydrogen-bond acceptors (Lipinski definition) is 4. The van der Waals surface area contributed by atoms with Crippen LogP contribution in [-0.2, 0) is 10.3 Å². The average molecular weight is 315 g/mol. The van der Waals surface area contributed by atoms with E-state index < -0.39 is 0 Å². The molecular formula is C18H21NO2S. The Balaban J connectivity index is 1.79. The van der Waals surface area contributed by atoms with Crippen molar-refractivity contribution in [3.8, 4) is 5.75 Å². The molecule has 4 heteroatoms. The first-order chi connectivity index (χ1) is 10.8. The molecule has 22 heavy (non-hydrogen) atoms. The second kappa shape index (κ2) is 5.69. The van der Waals surface area contributed by atoms with Crippen LogP contribution in [0.25, 0.3) is 0 Å². The van der Waals surface area contributed by atoms with Crippen molar-refractivity contribution in [2.45, 2.75) is 31.5 Å². The maximum Gasteiger partial charge on any atom is 0.119 e. The van der Waals surface area contributed by atoms with Gasteiger partial charge >= 0.3 is 0 Å². The van der Waals surface area contributed by atoms with Crippen molar-refractivity contribution in [3.05, 3.63) is 51.7 Å². The summed E-state index contributed by atoms with van der Waals surface area (Å²) in [5, 5.41) is 5.57.